The van der Waals surface area contributed by atoms with Crippen molar-refractivity contribution in [2.24, 2.45) is 0 Å². The second kappa shape index (κ2) is 6.13. The molecule has 0 aliphatic rings. The summed E-state index contributed by atoms with van der Waals surface area (Å²) >= 11 is 0. The topological polar surface area (TPSA) is 60.1 Å². The molecule has 1 aromatic heterocycles. The number of aryl methyl sites for hydroxylation is 1. The van der Waals surface area contributed by atoms with Gasteiger partial charge in [0.1, 0.15) is 5.69 Å². The summed E-state index contributed by atoms with van der Waals surface area (Å²) in [5, 5.41) is 2.92. The van der Waals surface area contributed by atoms with Gasteiger partial charge in [0.15, 0.2) is 0 Å². The van der Waals surface area contributed by atoms with Crippen molar-refractivity contribution in [2.45, 2.75) is 39.3 Å². The number of nitrogens with two attached hydrogens (primary N) is 1. The highest BCUT2D eigenvalue weighted by molar-refractivity contribution is 5.94. The summed E-state index contributed by atoms with van der Waals surface area (Å²) in [4.78, 5) is 12.0. The number of nitrogens with zero attached hydrogens (tertiary/aromatic N) is 1. The number of hydrogen-bond acceptors (Lipinski definition) is 2. The maximum Gasteiger partial charge on any atom is 0.268 e. The van der Waals surface area contributed by atoms with E-state index in [0.717, 1.165) is 19.4 Å². The van der Waals surface area contributed by atoms with E-state index in [9.17, 15) is 4.79 Å². The molecule has 0 aliphatic carbocycles. The van der Waals surface area contributed by atoms with Gasteiger partial charge in [-0.15, -0.1) is 6.58 Å². The number of carbonyl (C=O) groups excluding carboxylic acids is 1. The lowest BCUT2D eigenvalue weighted by Crippen LogP contribution is -2.33. The molecule has 0 saturated heterocycles. The Morgan fingerprint density at radius 2 is 2.41 bits per heavy atom. The predicted octanol–water partition coefficient (Wildman–Crippen LogP) is 2.17. The van der Waals surface area contributed by atoms with Crippen LogP contribution in [0.2, 0.25) is 0 Å². The van der Waals surface area contributed by atoms with Crippen molar-refractivity contribution in [2.75, 3.05) is 5.73 Å². The number of amides is 1. The Labute approximate surface area is 102 Å². The number of hydrogen-bond donors (Lipinski definition) is 2. The molecule has 0 aromatic carbocycles. The van der Waals surface area contributed by atoms with E-state index in [1.54, 1.807) is 18.3 Å². The molecule has 0 fully saturated rings. The summed E-state index contributed by atoms with van der Waals surface area (Å²) in [6.07, 6.45) is 5.33. The van der Waals surface area contributed by atoms with Gasteiger partial charge in [-0.1, -0.05) is 13.0 Å². The van der Waals surface area contributed by atoms with Gasteiger partial charge in [0.2, 0.25) is 0 Å². The molecule has 1 atom stereocenters. The summed E-state index contributed by atoms with van der Waals surface area (Å²) in [6.45, 7) is 8.48. The second-order valence-corrected chi connectivity index (χ2v) is 4.25. The molecule has 0 radical (unpaired) electrons. The molecular formula is C13H21N3O. The Balaban J connectivity index is 2.76. The van der Waals surface area contributed by atoms with Crippen LogP contribution in [-0.4, -0.2) is 16.5 Å². The van der Waals surface area contributed by atoms with Crippen LogP contribution in [0.3, 0.4) is 0 Å². The van der Waals surface area contributed by atoms with Crippen molar-refractivity contribution in [1.29, 1.82) is 0 Å². The number of rotatable bonds is 6. The van der Waals surface area contributed by atoms with E-state index in [0.29, 0.717) is 11.4 Å². The molecule has 4 nitrogen and oxygen atoms in total. The molecule has 4 heteroatoms. The van der Waals surface area contributed by atoms with Crippen LogP contribution in [0, 0.1) is 0 Å². The lowest BCUT2D eigenvalue weighted by Gasteiger charge is -2.13. The van der Waals surface area contributed by atoms with Gasteiger partial charge in [-0.05, 0) is 25.8 Å². The minimum atomic E-state index is -0.0792. The van der Waals surface area contributed by atoms with Crippen molar-refractivity contribution in [3.63, 3.8) is 0 Å². The van der Waals surface area contributed by atoms with Gasteiger partial charge in [-0.25, -0.2) is 0 Å². The van der Waals surface area contributed by atoms with Crippen LogP contribution in [0.15, 0.2) is 24.9 Å². The minimum Gasteiger partial charge on any atom is -0.397 e. The Kier molecular flexibility index (Phi) is 4.82. The van der Waals surface area contributed by atoms with Crippen LogP contribution in [-0.2, 0) is 6.54 Å². The molecule has 1 rings (SSSR count). The molecule has 94 valence electrons. The number of nitrogens with one attached hydrogen (secondary N) is 1. The number of carbonyl (C=O) groups is 1. The summed E-state index contributed by atoms with van der Waals surface area (Å²) in [5.74, 6) is -0.0792. The first-order valence-electron chi connectivity index (χ1n) is 5.95. The van der Waals surface area contributed by atoms with Gasteiger partial charge in [0, 0.05) is 18.8 Å². The highest BCUT2D eigenvalue weighted by atomic mass is 16.2. The molecule has 1 amide bonds. The lowest BCUT2D eigenvalue weighted by molar-refractivity contribution is 0.0931. The zero-order chi connectivity index (χ0) is 12.8. The smallest absolute Gasteiger partial charge is 0.268 e. The molecule has 1 unspecified atom stereocenters. The molecule has 0 aliphatic heterocycles. The van der Waals surface area contributed by atoms with E-state index in [1.165, 1.54) is 0 Å². The fourth-order valence-corrected chi connectivity index (χ4v) is 1.76. The highest BCUT2D eigenvalue weighted by Gasteiger charge is 2.14. The zero-order valence-corrected chi connectivity index (χ0v) is 10.6. The van der Waals surface area contributed by atoms with Gasteiger partial charge in [0.25, 0.3) is 5.91 Å². The van der Waals surface area contributed by atoms with Crippen LogP contribution in [0.1, 0.15) is 37.2 Å². The number of anilines is 1. The van der Waals surface area contributed by atoms with Gasteiger partial charge >= 0.3 is 0 Å². The Bertz CT molecular complexity index is 395. The fourth-order valence-electron chi connectivity index (χ4n) is 1.76. The van der Waals surface area contributed by atoms with Crippen LogP contribution in [0.4, 0.5) is 5.69 Å². The molecule has 1 aromatic rings. The predicted molar refractivity (Wildman–Crippen MR) is 70.9 cm³/mol. The highest BCUT2D eigenvalue weighted by Crippen LogP contribution is 2.11. The van der Waals surface area contributed by atoms with E-state index < -0.39 is 0 Å². The number of aromatic nitrogens is 1. The standard InChI is InChI=1S/C13H21N3O/c1-4-6-10(3)15-13(17)12-8-11(14)9-16(12)7-5-2/h4,8-10H,1,5-7,14H2,2-3H3,(H,15,17). The first-order chi connectivity index (χ1) is 8.08. The van der Waals surface area contributed by atoms with Crippen molar-refractivity contribution in [3.8, 4) is 0 Å². The Hall–Kier alpha value is -1.71. The van der Waals surface area contributed by atoms with Crippen LogP contribution < -0.4 is 11.1 Å². The summed E-state index contributed by atoms with van der Waals surface area (Å²) < 4.78 is 1.89. The average molecular weight is 235 g/mol. The SMILES string of the molecule is C=CCC(C)NC(=O)c1cc(N)cn1CCC. The minimum absolute atomic E-state index is 0.0792. The van der Waals surface area contributed by atoms with E-state index in [1.807, 2.05) is 11.5 Å². The first-order valence-corrected chi connectivity index (χ1v) is 5.95. The maximum absolute atomic E-state index is 12.0. The van der Waals surface area contributed by atoms with Crippen molar-refractivity contribution < 1.29 is 4.79 Å². The molecule has 3 N–H and O–H groups in total. The monoisotopic (exact) mass is 235 g/mol. The van der Waals surface area contributed by atoms with Gasteiger partial charge < -0.3 is 15.6 Å². The first kappa shape index (κ1) is 13.4. The molecular weight excluding hydrogens is 214 g/mol. The lowest BCUT2D eigenvalue weighted by atomic mass is 10.2. The molecule has 17 heavy (non-hydrogen) atoms. The van der Waals surface area contributed by atoms with Crippen molar-refractivity contribution >= 4 is 11.6 Å². The van der Waals surface area contributed by atoms with Crippen LogP contribution in [0.25, 0.3) is 0 Å². The summed E-state index contributed by atoms with van der Waals surface area (Å²) in [7, 11) is 0. The van der Waals surface area contributed by atoms with Gasteiger partial charge in [0.05, 0.1) is 5.69 Å². The van der Waals surface area contributed by atoms with Gasteiger partial charge in [-0.3, -0.25) is 4.79 Å². The maximum atomic E-state index is 12.0. The molecule has 1 heterocycles. The zero-order valence-electron chi connectivity index (χ0n) is 10.6. The van der Waals surface area contributed by atoms with Crippen molar-refractivity contribution in [3.05, 3.63) is 30.6 Å². The molecule has 0 saturated carbocycles. The average Bonchev–Trinajstić information content (AvgIpc) is 2.60. The normalized spacial score (nSPS) is 12.1. The quantitative estimate of drug-likeness (QED) is 0.742. The van der Waals surface area contributed by atoms with E-state index in [4.69, 9.17) is 5.73 Å². The number of nitrogen functional groups attached to an aromatic ring is 1. The van der Waals surface area contributed by atoms with E-state index in [2.05, 4.69) is 18.8 Å². The molecule has 0 bridgehead atoms. The van der Waals surface area contributed by atoms with E-state index in [-0.39, 0.29) is 11.9 Å². The van der Waals surface area contributed by atoms with E-state index >= 15 is 0 Å². The third-order valence-corrected chi connectivity index (χ3v) is 2.51. The third-order valence-electron chi connectivity index (χ3n) is 2.51. The molecule has 0 spiro atoms. The van der Waals surface area contributed by atoms with Crippen LogP contribution >= 0.6 is 0 Å². The van der Waals surface area contributed by atoms with Crippen LogP contribution in [0.5, 0.6) is 0 Å². The fraction of sp³-hybridized carbons (Fsp3) is 0.462. The Morgan fingerprint density at radius 1 is 1.71 bits per heavy atom. The Morgan fingerprint density at radius 3 is 3.00 bits per heavy atom. The summed E-state index contributed by atoms with van der Waals surface area (Å²) in [6, 6.07) is 1.80. The third kappa shape index (κ3) is 3.66. The largest absolute Gasteiger partial charge is 0.397 e. The summed E-state index contributed by atoms with van der Waals surface area (Å²) in [5.41, 5.74) is 6.97. The second-order valence-electron chi connectivity index (χ2n) is 4.25. The van der Waals surface area contributed by atoms with Crippen molar-refractivity contribution in [1.82, 2.24) is 9.88 Å². The van der Waals surface area contributed by atoms with Gasteiger partial charge in [-0.2, -0.15) is 0 Å².